The molecule has 4 rings (SSSR count). The summed E-state index contributed by atoms with van der Waals surface area (Å²) in [6.45, 7) is 0. The molecule has 0 radical (unpaired) electrons. The van der Waals surface area contributed by atoms with Gasteiger partial charge in [0.25, 0.3) is 0 Å². The molecule has 4 aromatic carbocycles. The third kappa shape index (κ3) is 12.1. The Balaban J connectivity index is 0.000000369. The number of rotatable bonds is 2. The van der Waals surface area contributed by atoms with Crippen molar-refractivity contribution < 1.29 is 46.0 Å². The second-order valence-electron chi connectivity index (χ2n) is 5.28. The minimum absolute atomic E-state index is 0. The predicted molar refractivity (Wildman–Crippen MR) is 111 cm³/mol. The molecule has 29 heavy (non-hydrogen) atoms. The molecule has 4 nitrogen and oxygen atoms in total. The Morgan fingerprint density at radius 3 is 1.03 bits per heavy atom. The summed E-state index contributed by atoms with van der Waals surface area (Å²) in [5.41, 5.74) is 0.662. The van der Waals surface area contributed by atoms with Crippen molar-refractivity contribution >= 4 is 12.6 Å². The quantitative estimate of drug-likeness (QED) is 0.314. The third-order valence-electron chi connectivity index (χ3n) is 3.24. The van der Waals surface area contributed by atoms with Gasteiger partial charge in [-0.3, -0.25) is 9.59 Å². The topological polar surface area (TPSA) is 74.6 Å². The van der Waals surface area contributed by atoms with Crippen molar-refractivity contribution in [3.63, 3.8) is 0 Å². The SMILES string of the molecule is O=Cc1ccccc1O.O=Cc1ccccc1O.[Zr+2].c1cc[cH-]c1.c1cc[cH-]c1. The summed E-state index contributed by atoms with van der Waals surface area (Å²) in [6, 6.07) is 32.8. The molecule has 5 heteroatoms. The first-order valence-electron chi connectivity index (χ1n) is 8.48. The van der Waals surface area contributed by atoms with E-state index < -0.39 is 0 Å². The number of phenolic OH excluding ortho intramolecular Hbond substituents is 2. The number of phenols is 2. The van der Waals surface area contributed by atoms with Crippen LogP contribution in [0.2, 0.25) is 0 Å². The first-order valence-corrected chi connectivity index (χ1v) is 8.48. The van der Waals surface area contributed by atoms with Crippen LogP contribution in [0.3, 0.4) is 0 Å². The summed E-state index contributed by atoms with van der Waals surface area (Å²) < 4.78 is 0. The summed E-state index contributed by atoms with van der Waals surface area (Å²) in [5.74, 6) is 0.0694. The van der Waals surface area contributed by atoms with Gasteiger partial charge in [0.15, 0.2) is 12.6 Å². The monoisotopic (exact) mass is 464 g/mol. The summed E-state index contributed by atoms with van der Waals surface area (Å²) in [5, 5.41) is 17.8. The summed E-state index contributed by atoms with van der Waals surface area (Å²) in [7, 11) is 0. The molecule has 146 valence electrons. The molecule has 0 heterocycles. The number of aromatic hydroxyl groups is 2. The van der Waals surface area contributed by atoms with Crippen LogP contribution in [0, 0.1) is 0 Å². The van der Waals surface area contributed by atoms with E-state index in [0.717, 1.165) is 0 Å². The van der Waals surface area contributed by atoms with Gasteiger partial charge < -0.3 is 10.2 Å². The average molecular weight is 466 g/mol. The molecule has 4 aromatic rings. The third-order valence-corrected chi connectivity index (χ3v) is 3.24. The van der Waals surface area contributed by atoms with E-state index in [-0.39, 0.29) is 37.7 Å². The van der Waals surface area contributed by atoms with Gasteiger partial charge in [-0.15, -0.1) is 0 Å². The van der Waals surface area contributed by atoms with Crippen LogP contribution in [0.15, 0.2) is 109 Å². The fraction of sp³-hybridized carbons (Fsp3) is 0. The molecule has 0 fully saturated rings. The largest absolute Gasteiger partial charge is 2.00 e. The van der Waals surface area contributed by atoms with Gasteiger partial charge in [0.2, 0.25) is 0 Å². The number of para-hydroxylation sites is 2. The van der Waals surface area contributed by atoms with E-state index in [0.29, 0.717) is 23.7 Å². The van der Waals surface area contributed by atoms with Gasteiger partial charge in [0.1, 0.15) is 11.5 Å². The Morgan fingerprint density at radius 2 is 0.862 bits per heavy atom. The average Bonchev–Trinajstić information content (AvgIpc) is 3.48. The van der Waals surface area contributed by atoms with Crippen LogP contribution in [-0.2, 0) is 26.2 Å². The van der Waals surface area contributed by atoms with E-state index in [1.807, 2.05) is 60.7 Å². The number of aldehydes is 2. The Kier molecular flexibility index (Phi) is 15.3. The van der Waals surface area contributed by atoms with Gasteiger partial charge in [-0.2, -0.15) is 36.4 Å². The Labute approximate surface area is 189 Å². The van der Waals surface area contributed by atoms with Gasteiger partial charge in [0, 0.05) is 0 Å². The first-order chi connectivity index (χ1) is 13.7. The minimum atomic E-state index is 0. The fourth-order valence-corrected chi connectivity index (χ4v) is 1.82. The molecule has 2 N–H and O–H groups in total. The van der Waals surface area contributed by atoms with E-state index in [9.17, 15) is 9.59 Å². The molecule has 0 aliphatic rings. The Morgan fingerprint density at radius 1 is 0.552 bits per heavy atom. The molecule has 0 spiro atoms. The molecular weight excluding hydrogens is 443 g/mol. The molecule has 0 aliphatic heterocycles. The van der Waals surface area contributed by atoms with Crippen molar-refractivity contribution in [3.05, 3.63) is 120 Å². The van der Waals surface area contributed by atoms with E-state index >= 15 is 0 Å². The summed E-state index contributed by atoms with van der Waals surface area (Å²) >= 11 is 0. The summed E-state index contributed by atoms with van der Waals surface area (Å²) in [6.07, 6.45) is 1.24. The minimum Gasteiger partial charge on any atom is -0.507 e. The van der Waals surface area contributed by atoms with Gasteiger partial charge in [-0.05, 0) is 24.3 Å². The fourth-order valence-electron chi connectivity index (χ4n) is 1.82. The smallest absolute Gasteiger partial charge is 0.507 e. The van der Waals surface area contributed by atoms with E-state index in [1.165, 1.54) is 12.1 Å². The zero-order chi connectivity index (χ0) is 20.5. The number of hydrogen-bond acceptors (Lipinski definition) is 4. The number of benzene rings is 2. The molecule has 0 bridgehead atoms. The van der Waals surface area contributed by atoms with Crippen molar-refractivity contribution in [3.8, 4) is 11.5 Å². The van der Waals surface area contributed by atoms with Crippen molar-refractivity contribution in [1.29, 1.82) is 0 Å². The van der Waals surface area contributed by atoms with Gasteiger partial charge in [0.05, 0.1) is 11.1 Å². The maximum atomic E-state index is 10.1. The van der Waals surface area contributed by atoms with Crippen molar-refractivity contribution in [1.82, 2.24) is 0 Å². The summed E-state index contributed by atoms with van der Waals surface area (Å²) in [4.78, 5) is 20.1. The first kappa shape index (κ1) is 26.0. The van der Waals surface area contributed by atoms with Crippen LogP contribution in [0.4, 0.5) is 0 Å². The Hall–Kier alpha value is -3.04. The van der Waals surface area contributed by atoms with Gasteiger partial charge in [-0.1, -0.05) is 24.3 Å². The molecular formula is C24H22O4Zr. The van der Waals surface area contributed by atoms with E-state index in [2.05, 4.69) is 0 Å². The van der Waals surface area contributed by atoms with E-state index in [1.54, 1.807) is 36.4 Å². The van der Waals surface area contributed by atoms with Crippen LogP contribution >= 0.6 is 0 Å². The van der Waals surface area contributed by atoms with Crippen LogP contribution < -0.4 is 0 Å². The van der Waals surface area contributed by atoms with Crippen molar-refractivity contribution in [2.75, 3.05) is 0 Å². The second kappa shape index (κ2) is 17.1. The number of carbonyl (C=O) groups is 2. The molecule has 0 unspecified atom stereocenters. The molecule has 0 aliphatic carbocycles. The molecule has 0 amide bonds. The standard InChI is InChI=1S/2C7H6O2.2C5H5.Zr/c2*8-5-6-3-1-2-4-7(6)9;2*1-2-4-5-3-1;/h2*1-5,9H;2*1-5H;/q;;2*-1;+2. The molecule has 0 atom stereocenters. The maximum Gasteiger partial charge on any atom is 2.00 e. The van der Waals surface area contributed by atoms with Crippen molar-refractivity contribution in [2.45, 2.75) is 0 Å². The van der Waals surface area contributed by atoms with Gasteiger partial charge >= 0.3 is 26.2 Å². The van der Waals surface area contributed by atoms with Crippen LogP contribution in [0.5, 0.6) is 11.5 Å². The zero-order valence-corrected chi connectivity index (χ0v) is 18.2. The van der Waals surface area contributed by atoms with Crippen LogP contribution in [-0.4, -0.2) is 22.8 Å². The second-order valence-corrected chi connectivity index (χ2v) is 5.28. The van der Waals surface area contributed by atoms with Crippen LogP contribution in [0.1, 0.15) is 20.7 Å². The molecule has 0 saturated heterocycles. The molecule has 0 aromatic heterocycles. The number of hydrogen-bond donors (Lipinski definition) is 2. The zero-order valence-electron chi connectivity index (χ0n) is 15.8. The van der Waals surface area contributed by atoms with Gasteiger partial charge in [-0.25, -0.2) is 24.3 Å². The van der Waals surface area contributed by atoms with Crippen LogP contribution in [0.25, 0.3) is 0 Å². The van der Waals surface area contributed by atoms with E-state index in [4.69, 9.17) is 10.2 Å². The Bertz CT molecular complexity index is 775. The predicted octanol–water partition coefficient (Wildman–Crippen LogP) is 5.22. The maximum absolute atomic E-state index is 10.1. The normalized spacial score (nSPS) is 8.28. The van der Waals surface area contributed by atoms with Crippen molar-refractivity contribution in [2.24, 2.45) is 0 Å². The number of carbonyl (C=O) groups excluding carboxylic acids is 2. The molecule has 0 saturated carbocycles.